The molecule has 0 radical (unpaired) electrons. The van der Waals surface area contributed by atoms with Crippen molar-refractivity contribution in [3.05, 3.63) is 51.1 Å². The molecule has 0 aromatic heterocycles. The molecule has 2 bridgehead atoms. The first-order valence-electron chi connectivity index (χ1n) is 12.7. The summed E-state index contributed by atoms with van der Waals surface area (Å²) in [6.07, 6.45) is 3.29. The number of primary amides is 1. The summed E-state index contributed by atoms with van der Waals surface area (Å²) in [6, 6.07) is 4.75. The second-order valence-electron chi connectivity index (χ2n) is 13.5. The van der Waals surface area contributed by atoms with Crippen LogP contribution in [0, 0.1) is 13.8 Å². The third-order valence-corrected chi connectivity index (χ3v) is 51.5. The Bertz CT molecular complexity index is 1290. The van der Waals surface area contributed by atoms with Gasteiger partial charge < -0.3 is 5.73 Å². The van der Waals surface area contributed by atoms with Crippen molar-refractivity contribution in [3.8, 4) is 11.1 Å². The highest BCUT2D eigenvalue weighted by atomic mass is 29.6. The largest absolute Gasteiger partial charge is 0.366 e. The van der Waals surface area contributed by atoms with Crippen molar-refractivity contribution in [2.75, 3.05) is 0 Å². The fourth-order valence-corrected chi connectivity index (χ4v) is 40.8. The summed E-state index contributed by atoms with van der Waals surface area (Å²) < 4.78 is 0. The van der Waals surface area contributed by atoms with Crippen LogP contribution in [-0.4, -0.2) is 28.2 Å². The quantitative estimate of drug-likeness (QED) is 0.497. The zero-order valence-electron chi connectivity index (χ0n) is 23.4. The van der Waals surface area contributed by atoms with Gasteiger partial charge in [-0.15, -0.1) is 0 Å². The lowest BCUT2D eigenvalue weighted by molar-refractivity contribution is 0.100. The average molecular weight is 506 g/mol. The van der Waals surface area contributed by atoms with Crippen molar-refractivity contribution in [2.45, 2.75) is 92.7 Å². The summed E-state index contributed by atoms with van der Waals surface area (Å²) in [5, 5.41) is 2.99. The molecular weight excluding hydrogens is 463 g/mol. The summed E-state index contributed by atoms with van der Waals surface area (Å²) >= 11 is 0. The van der Waals surface area contributed by atoms with E-state index in [0.717, 1.165) is 17.5 Å². The Morgan fingerprint density at radius 1 is 0.882 bits per heavy atom. The zero-order chi connectivity index (χ0) is 25.8. The SMILES string of the molecule is CC1=Cc2cc(C(C)(C)C)cc(-c3c(C)c4c(C)c(c3C(N)=O)[Si](C)(C)[Si](C)(C)[Si]4(C)C)c2C1. The molecule has 2 aliphatic rings. The van der Waals surface area contributed by atoms with Gasteiger partial charge in [0.05, 0.1) is 15.2 Å². The molecule has 1 heterocycles. The summed E-state index contributed by atoms with van der Waals surface area (Å²) in [5.41, 5.74) is 17.7. The van der Waals surface area contributed by atoms with Crippen LogP contribution in [0.5, 0.6) is 0 Å². The Hall–Kier alpha value is -1.70. The van der Waals surface area contributed by atoms with Gasteiger partial charge in [-0.05, 0) is 71.2 Å². The monoisotopic (exact) mass is 505 g/mol. The number of hydrogen-bond donors (Lipinski definition) is 1. The van der Waals surface area contributed by atoms with Crippen molar-refractivity contribution in [1.82, 2.24) is 0 Å². The van der Waals surface area contributed by atoms with Crippen molar-refractivity contribution in [2.24, 2.45) is 5.73 Å². The number of allylic oxidation sites excluding steroid dienone is 1. The second-order valence-corrected chi connectivity index (χ2v) is 40.7. The molecule has 0 atom stereocenters. The van der Waals surface area contributed by atoms with Gasteiger partial charge in [-0.1, -0.05) is 94.6 Å². The molecule has 182 valence electrons. The van der Waals surface area contributed by atoms with Crippen LogP contribution in [0.3, 0.4) is 0 Å². The van der Waals surface area contributed by atoms with E-state index in [2.05, 4.69) is 99.0 Å². The van der Waals surface area contributed by atoms with Gasteiger partial charge in [0.25, 0.3) is 0 Å². The van der Waals surface area contributed by atoms with Crippen LogP contribution >= 0.6 is 0 Å². The molecule has 1 aliphatic heterocycles. The molecule has 4 rings (SSSR count). The van der Waals surface area contributed by atoms with Crippen molar-refractivity contribution in [1.29, 1.82) is 0 Å². The molecule has 0 unspecified atom stereocenters. The number of benzene rings is 2. The maximum atomic E-state index is 13.4. The summed E-state index contributed by atoms with van der Waals surface area (Å²) in [5.74, 6) is -0.243. The second kappa shape index (κ2) is 7.40. The topological polar surface area (TPSA) is 43.1 Å². The maximum absolute atomic E-state index is 13.4. The molecule has 5 heteroatoms. The van der Waals surface area contributed by atoms with Crippen LogP contribution in [0.2, 0.25) is 39.3 Å². The van der Waals surface area contributed by atoms with E-state index in [1.807, 2.05) is 0 Å². The van der Waals surface area contributed by atoms with Gasteiger partial charge in [0.15, 0.2) is 0 Å². The minimum absolute atomic E-state index is 0.0271. The zero-order valence-corrected chi connectivity index (χ0v) is 26.4. The van der Waals surface area contributed by atoms with Gasteiger partial charge in [-0.2, -0.15) is 0 Å². The van der Waals surface area contributed by atoms with Gasteiger partial charge in [0.1, 0.15) is 0 Å². The molecule has 0 saturated carbocycles. The molecule has 2 nitrogen and oxygen atoms in total. The molecular formula is C29H43NOSi3. The highest BCUT2D eigenvalue weighted by molar-refractivity contribution is 7.74. The molecule has 2 N–H and O–H groups in total. The predicted molar refractivity (Wildman–Crippen MR) is 158 cm³/mol. The molecule has 34 heavy (non-hydrogen) atoms. The van der Waals surface area contributed by atoms with Crippen LogP contribution in [0.1, 0.15) is 65.9 Å². The van der Waals surface area contributed by atoms with Gasteiger partial charge in [-0.3, -0.25) is 4.79 Å². The first-order valence-corrected chi connectivity index (χ1v) is 23.7. The Kier molecular flexibility index (Phi) is 5.53. The lowest BCUT2D eigenvalue weighted by Crippen LogP contribution is -2.83. The Morgan fingerprint density at radius 2 is 1.44 bits per heavy atom. The number of carbonyl (C=O) groups is 1. The Morgan fingerprint density at radius 3 is 1.97 bits per heavy atom. The van der Waals surface area contributed by atoms with E-state index in [1.165, 1.54) is 44.1 Å². The normalized spacial score (nSPS) is 19.6. The van der Waals surface area contributed by atoms with E-state index < -0.39 is 22.3 Å². The van der Waals surface area contributed by atoms with Crippen LogP contribution in [0.4, 0.5) is 0 Å². The van der Waals surface area contributed by atoms with Crippen molar-refractivity contribution >= 4 is 44.6 Å². The van der Waals surface area contributed by atoms with E-state index >= 15 is 0 Å². The minimum atomic E-state index is -1.88. The van der Waals surface area contributed by atoms with E-state index in [-0.39, 0.29) is 11.3 Å². The van der Waals surface area contributed by atoms with Crippen LogP contribution in [0.25, 0.3) is 17.2 Å². The van der Waals surface area contributed by atoms with Gasteiger partial charge in [-0.25, -0.2) is 0 Å². The fraction of sp³-hybridized carbons (Fsp3) is 0.483. The van der Waals surface area contributed by atoms with Crippen LogP contribution < -0.4 is 16.1 Å². The Balaban J connectivity index is 2.24. The Labute approximate surface area is 209 Å². The third kappa shape index (κ3) is 3.19. The minimum Gasteiger partial charge on any atom is -0.366 e. The molecule has 0 saturated heterocycles. The first-order chi connectivity index (χ1) is 15.4. The number of fused-ring (bicyclic) bond motifs is 3. The van der Waals surface area contributed by atoms with E-state index in [1.54, 1.807) is 5.19 Å². The number of rotatable bonds is 2. The highest BCUT2D eigenvalue weighted by Crippen LogP contribution is 2.44. The number of amides is 1. The van der Waals surface area contributed by atoms with E-state index in [9.17, 15) is 4.79 Å². The smallest absolute Gasteiger partial charge is 0.249 e. The number of hydrogen-bond acceptors (Lipinski definition) is 1. The molecule has 1 amide bonds. The first kappa shape index (κ1) is 25.4. The summed E-state index contributed by atoms with van der Waals surface area (Å²) in [7, 11) is -5.19. The number of carbonyl (C=O) groups excluding carboxylic acids is 1. The van der Waals surface area contributed by atoms with Crippen LogP contribution in [0.15, 0.2) is 17.7 Å². The molecule has 0 fully saturated rings. The molecule has 0 spiro atoms. The molecule has 1 aliphatic carbocycles. The third-order valence-electron chi connectivity index (χ3n) is 9.90. The maximum Gasteiger partial charge on any atom is 0.249 e. The van der Waals surface area contributed by atoms with Gasteiger partial charge in [0, 0.05) is 12.7 Å². The average Bonchev–Trinajstić information content (AvgIpc) is 3.04. The molecule has 2 aromatic carbocycles. The predicted octanol–water partition coefficient (Wildman–Crippen LogP) is 6.04. The van der Waals surface area contributed by atoms with E-state index in [4.69, 9.17) is 5.73 Å². The van der Waals surface area contributed by atoms with Gasteiger partial charge in [0.2, 0.25) is 5.91 Å². The summed E-state index contributed by atoms with van der Waals surface area (Å²) in [4.78, 5) is 13.4. The number of nitrogens with two attached hydrogens (primary N) is 1. The lowest BCUT2D eigenvalue weighted by atomic mass is 9.80. The highest BCUT2D eigenvalue weighted by Gasteiger charge is 2.59. The standard InChI is InChI=1S/C29H43NOSi3/c1-17-13-20-15-21(29(4,5)6)16-23(22(20)14-17)24-18(2)26-19(3)27(25(24)28(30)31)33(9,10)34(11,12)32(26,7)8/h13,15-16H,14H2,1-12H3,(H2,30,31). The summed E-state index contributed by atoms with van der Waals surface area (Å²) in [6.45, 7) is 29.2. The fourth-order valence-electron chi connectivity index (χ4n) is 7.01. The van der Waals surface area contributed by atoms with Gasteiger partial charge >= 0.3 is 0 Å². The van der Waals surface area contributed by atoms with E-state index in [0.29, 0.717) is 0 Å². The van der Waals surface area contributed by atoms with Crippen molar-refractivity contribution in [3.63, 3.8) is 0 Å². The lowest BCUT2D eigenvalue weighted by Gasteiger charge is -2.55. The molecule has 2 aromatic rings. The van der Waals surface area contributed by atoms with Crippen molar-refractivity contribution < 1.29 is 4.79 Å². The van der Waals surface area contributed by atoms with Crippen LogP contribution in [-0.2, 0) is 11.8 Å².